The molecule has 22 heavy (non-hydrogen) atoms. The highest BCUT2D eigenvalue weighted by atomic mass is 16.5. The van der Waals surface area contributed by atoms with Crippen molar-refractivity contribution in [3.63, 3.8) is 0 Å². The van der Waals surface area contributed by atoms with Crippen LogP contribution in [0.2, 0.25) is 0 Å². The Kier molecular flexibility index (Phi) is 3.40. The monoisotopic (exact) mass is 294 g/mol. The zero-order chi connectivity index (χ0) is 15.1. The van der Waals surface area contributed by atoms with Gasteiger partial charge in [-0.15, -0.1) is 0 Å². The summed E-state index contributed by atoms with van der Waals surface area (Å²) in [5, 5.41) is 0. The number of benzene rings is 2. The summed E-state index contributed by atoms with van der Waals surface area (Å²) in [6, 6.07) is 17.9. The number of nitrogens with zero attached hydrogens (tertiary/aromatic N) is 2. The molecule has 0 bridgehead atoms. The van der Waals surface area contributed by atoms with Gasteiger partial charge in [-0.2, -0.15) is 0 Å². The van der Waals surface area contributed by atoms with E-state index in [2.05, 4.69) is 65.4 Å². The third kappa shape index (κ3) is 2.04. The van der Waals surface area contributed by atoms with Crippen LogP contribution in [-0.2, 0) is 4.74 Å². The van der Waals surface area contributed by atoms with Crippen LogP contribution in [0.25, 0.3) is 0 Å². The number of ether oxygens (including phenoxy) is 1. The summed E-state index contributed by atoms with van der Waals surface area (Å²) in [6.45, 7) is 3.22. The Hall–Kier alpha value is -1.84. The van der Waals surface area contributed by atoms with E-state index in [-0.39, 0.29) is 6.10 Å². The maximum Gasteiger partial charge on any atom is 0.109 e. The second kappa shape index (κ2) is 5.41. The molecule has 0 N–H and O–H groups in total. The van der Waals surface area contributed by atoms with Crippen molar-refractivity contribution in [3.8, 4) is 0 Å². The molecule has 2 heterocycles. The molecule has 1 saturated heterocycles. The maximum atomic E-state index is 5.92. The van der Waals surface area contributed by atoms with Crippen LogP contribution < -0.4 is 4.90 Å². The van der Waals surface area contributed by atoms with Crippen molar-refractivity contribution in [1.82, 2.24) is 4.90 Å². The molecular weight excluding hydrogens is 272 g/mol. The lowest BCUT2D eigenvalue weighted by molar-refractivity contribution is 0.136. The Labute approximate surface area is 132 Å². The Morgan fingerprint density at radius 3 is 2.36 bits per heavy atom. The largest absolute Gasteiger partial charge is 0.372 e. The van der Waals surface area contributed by atoms with Crippen LogP contribution in [-0.4, -0.2) is 38.7 Å². The summed E-state index contributed by atoms with van der Waals surface area (Å²) in [7, 11) is 4.03. The highest BCUT2D eigenvalue weighted by molar-refractivity contribution is 5.62. The van der Waals surface area contributed by atoms with Crippen molar-refractivity contribution in [2.45, 2.75) is 12.1 Å². The van der Waals surface area contributed by atoms with Crippen LogP contribution in [0.15, 0.2) is 48.5 Å². The van der Waals surface area contributed by atoms with Gasteiger partial charge in [0.25, 0.3) is 0 Å². The van der Waals surface area contributed by atoms with Crippen LogP contribution in [0, 0.1) is 0 Å². The minimum Gasteiger partial charge on any atom is -0.372 e. The highest BCUT2D eigenvalue weighted by Gasteiger charge is 2.35. The van der Waals surface area contributed by atoms with E-state index < -0.39 is 0 Å². The van der Waals surface area contributed by atoms with Gasteiger partial charge in [0.15, 0.2) is 0 Å². The first-order chi connectivity index (χ1) is 10.8. The molecule has 0 amide bonds. The SMILES string of the molecule is CO[C@@H]1c2ccccc2[C@H]2CN(C)CCN2c2ccccc21. The van der Waals surface area contributed by atoms with Gasteiger partial charge in [-0.05, 0) is 24.2 Å². The summed E-state index contributed by atoms with van der Waals surface area (Å²) in [6.07, 6.45) is 0.0170. The van der Waals surface area contributed by atoms with Crippen LogP contribution in [0.3, 0.4) is 0 Å². The molecule has 0 aromatic heterocycles. The number of fused-ring (bicyclic) bond motifs is 5. The molecule has 2 aliphatic rings. The molecule has 0 unspecified atom stereocenters. The predicted molar refractivity (Wildman–Crippen MR) is 89.3 cm³/mol. The van der Waals surface area contributed by atoms with Crippen molar-refractivity contribution < 1.29 is 4.74 Å². The fourth-order valence-corrected chi connectivity index (χ4v) is 3.92. The van der Waals surface area contributed by atoms with E-state index in [0.29, 0.717) is 6.04 Å². The minimum atomic E-state index is 0.0170. The number of anilines is 1. The van der Waals surface area contributed by atoms with Gasteiger partial charge < -0.3 is 14.5 Å². The summed E-state index contributed by atoms with van der Waals surface area (Å²) in [5.41, 5.74) is 5.31. The van der Waals surface area contributed by atoms with Crippen molar-refractivity contribution >= 4 is 5.69 Å². The normalized spacial score (nSPS) is 24.2. The van der Waals surface area contributed by atoms with Gasteiger partial charge in [0.1, 0.15) is 6.10 Å². The first kappa shape index (κ1) is 13.8. The first-order valence-electron chi connectivity index (χ1n) is 7.95. The van der Waals surface area contributed by atoms with E-state index in [0.717, 1.165) is 19.6 Å². The van der Waals surface area contributed by atoms with Crippen LogP contribution in [0.4, 0.5) is 5.69 Å². The molecule has 0 spiro atoms. The number of piperazine rings is 1. The Bertz CT molecular complexity index is 685. The van der Waals surface area contributed by atoms with Crippen molar-refractivity contribution in [1.29, 1.82) is 0 Å². The van der Waals surface area contributed by atoms with E-state index in [9.17, 15) is 0 Å². The van der Waals surface area contributed by atoms with Crippen LogP contribution in [0.5, 0.6) is 0 Å². The zero-order valence-electron chi connectivity index (χ0n) is 13.2. The summed E-state index contributed by atoms with van der Waals surface area (Å²) in [5.74, 6) is 0. The molecule has 2 aromatic rings. The topological polar surface area (TPSA) is 15.7 Å². The number of methoxy groups -OCH3 is 1. The van der Waals surface area contributed by atoms with Gasteiger partial charge in [-0.3, -0.25) is 0 Å². The molecule has 2 atom stereocenters. The number of hydrogen-bond donors (Lipinski definition) is 0. The summed E-state index contributed by atoms with van der Waals surface area (Å²) in [4.78, 5) is 4.99. The Morgan fingerprint density at radius 2 is 1.59 bits per heavy atom. The highest BCUT2D eigenvalue weighted by Crippen LogP contribution is 2.44. The Morgan fingerprint density at radius 1 is 0.909 bits per heavy atom. The number of rotatable bonds is 1. The standard InChI is InChI=1S/C19H22N2O/c1-20-11-12-21-17-10-6-5-9-16(17)19(22-2)15-8-4-3-7-14(15)18(21)13-20/h3-10,18-19H,11-13H2,1-2H3/t18-,19-/m1/s1. The average Bonchev–Trinajstić information content (AvgIpc) is 2.67. The van der Waals surface area contributed by atoms with Gasteiger partial charge in [-0.1, -0.05) is 42.5 Å². The molecule has 2 aromatic carbocycles. The van der Waals surface area contributed by atoms with Gasteiger partial charge in [-0.25, -0.2) is 0 Å². The van der Waals surface area contributed by atoms with Gasteiger partial charge in [0.2, 0.25) is 0 Å². The second-order valence-electron chi connectivity index (χ2n) is 6.27. The smallest absolute Gasteiger partial charge is 0.109 e. The zero-order valence-corrected chi connectivity index (χ0v) is 13.2. The van der Waals surface area contributed by atoms with E-state index in [1.54, 1.807) is 0 Å². The molecule has 114 valence electrons. The molecule has 1 fully saturated rings. The van der Waals surface area contributed by atoms with E-state index in [4.69, 9.17) is 4.74 Å². The number of likely N-dealkylation sites (N-methyl/N-ethyl adjacent to an activating group) is 1. The molecule has 3 nitrogen and oxygen atoms in total. The molecular formula is C19H22N2O. The summed E-state index contributed by atoms with van der Waals surface area (Å²) < 4.78 is 5.92. The van der Waals surface area contributed by atoms with Crippen LogP contribution in [0.1, 0.15) is 28.8 Å². The second-order valence-corrected chi connectivity index (χ2v) is 6.27. The summed E-state index contributed by atoms with van der Waals surface area (Å²) >= 11 is 0. The molecule has 2 aliphatic heterocycles. The Balaban J connectivity index is 1.96. The molecule has 0 radical (unpaired) electrons. The quantitative estimate of drug-likeness (QED) is 0.803. The fraction of sp³-hybridized carbons (Fsp3) is 0.368. The average molecular weight is 294 g/mol. The third-order valence-corrected chi connectivity index (χ3v) is 4.99. The maximum absolute atomic E-state index is 5.92. The molecule has 3 heteroatoms. The number of hydrogen-bond acceptors (Lipinski definition) is 3. The van der Waals surface area contributed by atoms with Gasteiger partial charge in [0.05, 0.1) is 6.04 Å². The number of para-hydroxylation sites is 1. The van der Waals surface area contributed by atoms with Gasteiger partial charge >= 0.3 is 0 Å². The van der Waals surface area contributed by atoms with Crippen LogP contribution >= 0.6 is 0 Å². The molecule has 0 saturated carbocycles. The third-order valence-electron chi connectivity index (χ3n) is 4.99. The van der Waals surface area contributed by atoms with E-state index >= 15 is 0 Å². The molecule has 0 aliphatic carbocycles. The van der Waals surface area contributed by atoms with Gasteiger partial charge in [0, 0.05) is 38.0 Å². The lowest BCUT2D eigenvalue weighted by Crippen LogP contribution is -2.46. The predicted octanol–water partition coefficient (Wildman–Crippen LogP) is 3.23. The van der Waals surface area contributed by atoms with E-state index in [1.807, 2.05) is 7.11 Å². The first-order valence-corrected chi connectivity index (χ1v) is 7.95. The minimum absolute atomic E-state index is 0.0170. The van der Waals surface area contributed by atoms with Crippen molar-refractivity contribution in [2.24, 2.45) is 0 Å². The lowest BCUT2D eigenvalue weighted by Gasteiger charge is -2.41. The molecule has 4 rings (SSSR count). The van der Waals surface area contributed by atoms with Crippen molar-refractivity contribution in [3.05, 3.63) is 65.2 Å². The van der Waals surface area contributed by atoms with Crippen molar-refractivity contribution in [2.75, 3.05) is 38.7 Å². The van der Waals surface area contributed by atoms with E-state index in [1.165, 1.54) is 22.4 Å². The fourth-order valence-electron chi connectivity index (χ4n) is 3.92. The lowest BCUT2D eigenvalue weighted by atomic mass is 9.94.